The van der Waals surface area contributed by atoms with Crippen molar-refractivity contribution >= 4 is 11.6 Å². The summed E-state index contributed by atoms with van der Waals surface area (Å²) in [5.74, 6) is 0.539. The molecule has 2 unspecified atom stereocenters. The molecule has 1 N–H and O–H groups in total. The Bertz CT molecular complexity index is 507. The van der Waals surface area contributed by atoms with E-state index in [1.807, 2.05) is 6.92 Å². The summed E-state index contributed by atoms with van der Waals surface area (Å²) in [6, 6.07) is 8.88. The predicted molar refractivity (Wildman–Crippen MR) is 86.0 cm³/mol. The van der Waals surface area contributed by atoms with Crippen LogP contribution in [0.5, 0.6) is 0 Å². The maximum atomic E-state index is 12.3. The molecule has 21 heavy (non-hydrogen) atoms. The van der Waals surface area contributed by atoms with Crippen LogP contribution in [0, 0.1) is 17.2 Å². The van der Waals surface area contributed by atoms with E-state index in [1.54, 1.807) is 24.3 Å². The molecule has 0 fully saturated rings. The average molecular weight is 287 g/mol. The maximum absolute atomic E-state index is 12.3. The Hall–Kier alpha value is -1.86. The number of carbonyl (C=O) groups is 1. The number of nitriles is 1. The fourth-order valence-electron chi connectivity index (χ4n) is 2.17. The van der Waals surface area contributed by atoms with Gasteiger partial charge in [-0.2, -0.15) is 5.26 Å². The minimum atomic E-state index is -0.185. The van der Waals surface area contributed by atoms with Gasteiger partial charge in [-0.05, 0) is 37.6 Å². The third-order valence-electron chi connectivity index (χ3n) is 3.84. The number of carbonyl (C=O) groups excluding carboxylic acids is 1. The second-order valence-corrected chi connectivity index (χ2v) is 5.46. The number of hydrogen-bond acceptors (Lipinski definition) is 3. The van der Waals surface area contributed by atoms with Crippen LogP contribution in [0.3, 0.4) is 0 Å². The SMILES string of the molecule is CCC(C)CN(CC)C(C)C(=O)Nc1cccc(C#N)c1. The van der Waals surface area contributed by atoms with Gasteiger partial charge in [0.1, 0.15) is 0 Å². The van der Waals surface area contributed by atoms with Crippen molar-refractivity contribution in [1.29, 1.82) is 5.26 Å². The molecular weight excluding hydrogens is 262 g/mol. The minimum Gasteiger partial charge on any atom is -0.325 e. The van der Waals surface area contributed by atoms with Crippen molar-refractivity contribution in [2.45, 2.75) is 40.2 Å². The van der Waals surface area contributed by atoms with Crippen LogP contribution in [-0.2, 0) is 4.79 Å². The molecule has 1 aromatic rings. The third-order valence-corrected chi connectivity index (χ3v) is 3.84. The molecule has 0 bridgehead atoms. The van der Waals surface area contributed by atoms with Crippen LogP contribution in [-0.4, -0.2) is 29.9 Å². The summed E-state index contributed by atoms with van der Waals surface area (Å²) in [7, 11) is 0. The Morgan fingerprint density at radius 3 is 2.67 bits per heavy atom. The van der Waals surface area contributed by atoms with Gasteiger partial charge < -0.3 is 5.32 Å². The largest absolute Gasteiger partial charge is 0.325 e. The van der Waals surface area contributed by atoms with Crippen molar-refractivity contribution in [2.75, 3.05) is 18.4 Å². The summed E-state index contributed by atoms with van der Waals surface area (Å²) in [6.07, 6.45) is 1.11. The number of hydrogen-bond donors (Lipinski definition) is 1. The molecular formula is C17H25N3O. The van der Waals surface area contributed by atoms with Crippen LogP contribution >= 0.6 is 0 Å². The molecule has 0 aliphatic carbocycles. The van der Waals surface area contributed by atoms with E-state index in [-0.39, 0.29) is 11.9 Å². The Morgan fingerprint density at radius 2 is 2.10 bits per heavy atom. The maximum Gasteiger partial charge on any atom is 0.241 e. The standard InChI is InChI=1S/C17H25N3O/c1-5-13(3)12-20(6-2)14(4)17(21)19-16-9-7-8-15(10-16)11-18/h7-10,13-14H,5-6,12H2,1-4H3,(H,19,21). The molecule has 1 amide bonds. The van der Waals surface area contributed by atoms with Crippen LogP contribution < -0.4 is 5.32 Å². The van der Waals surface area contributed by atoms with Gasteiger partial charge in [0, 0.05) is 12.2 Å². The quantitative estimate of drug-likeness (QED) is 0.837. The predicted octanol–water partition coefficient (Wildman–Crippen LogP) is 3.25. The lowest BCUT2D eigenvalue weighted by atomic mass is 10.1. The number of nitrogens with zero attached hydrogens (tertiary/aromatic N) is 2. The topological polar surface area (TPSA) is 56.1 Å². The lowest BCUT2D eigenvalue weighted by Crippen LogP contribution is -2.43. The third kappa shape index (κ3) is 5.20. The van der Waals surface area contributed by atoms with Gasteiger partial charge in [-0.15, -0.1) is 0 Å². The van der Waals surface area contributed by atoms with Gasteiger partial charge in [0.2, 0.25) is 5.91 Å². The van der Waals surface area contributed by atoms with E-state index in [9.17, 15) is 4.79 Å². The molecule has 4 heteroatoms. The number of likely N-dealkylation sites (N-methyl/N-ethyl adjacent to an activating group) is 1. The zero-order chi connectivity index (χ0) is 15.8. The summed E-state index contributed by atoms with van der Waals surface area (Å²) in [5, 5.41) is 11.8. The molecule has 0 heterocycles. The van der Waals surface area contributed by atoms with Gasteiger partial charge in [0.15, 0.2) is 0 Å². The van der Waals surface area contributed by atoms with Gasteiger partial charge in [-0.3, -0.25) is 9.69 Å². The average Bonchev–Trinajstić information content (AvgIpc) is 2.51. The normalized spacial score (nSPS) is 13.5. The molecule has 0 radical (unpaired) electrons. The van der Waals surface area contributed by atoms with Gasteiger partial charge >= 0.3 is 0 Å². The van der Waals surface area contributed by atoms with Crippen molar-refractivity contribution in [3.8, 4) is 6.07 Å². The fraction of sp³-hybridized carbons (Fsp3) is 0.529. The Morgan fingerprint density at radius 1 is 1.38 bits per heavy atom. The minimum absolute atomic E-state index is 0.0322. The van der Waals surface area contributed by atoms with E-state index < -0.39 is 0 Å². The fourth-order valence-corrected chi connectivity index (χ4v) is 2.17. The number of anilines is 1. The smallest absolute Gasteiger partial charge is 0.241 e. The van der Waals surface area contributed by atoms with Crippen LogP contribution in [0.4, 0.5) is 5.69 Å². The first-order chi connectivity index (χ1) is 10.0. The van der Waals surface area contributed by atoms with E-state index in [4.69, 9.17) is 5.26 Å². The number of benzene rings is 1. The summed E-state index contributed by atoms with van der Waals surface area (Å²) in [5.41, 5.74) is 1.22. The summed E-state index contributed by atoms with van der Waals surface area (Å²) in [6.45, 7) is 10.1. The van der Waals surface area contributed by atoms with Crippen molar-refractivity contribution in [3.05, 3.63) is 29.8 Å². The molecule has 1 aromatic carbocycles. The van der Waals surface area contributed by atoms with E-state index in [2.05, 4.69) is 37.1 Å². The van der Waals surface area contributed by atoms with Crippen molar-refractivity contribution in [2.24, 2.45) is 5.92 Å². The Labute approximate surface area is 127 Å². The molecule has 114 valence electrons. The molecule has 0 aromatic heterocycles. The van der Waals surface area contributed by atoms with E-state index in [0.717, 1.165) is 19.5 Å². The van der Waals surface area contributed by atoms with Crippen molar-refractivity contribution < 1.29 is 4.79 Å². The zero-order valence-electron chi connectivity index (χ0n) is 13.4. The van der Waals surface area contributed by atoms with E-state index >= 15 is 0 Å². The van der Waals surface area contributed by atoms with Crippen LogP contribution in [0.2, 0.25) is 0 Å². The number of amides is 1. The molecule has 4 nitrogen and oxygen atoms in total. The first-order valence-electron chi connectivity index (χ1n) is 7.56. The van der Waals surface area contributed by atoms with Crippen LogP contribution in [0.1, 0.15) is 39.7 Å². The highest BCUT2D eigenvalue weighted by atomic mass is 16.2. The second kappa shape index (κ2) is 8.43. The Balaban J connectivity index is 2.70. The molecule has 0 aliphatic rings. The van der Waals surface area contributed by atoms with E-state index in [0.29, 0.717) is 17.2 Å². The highest BCUT2D eigenvalue weighted by Gasteiger charge is 2.21. The van der Waals surface area contributed by atoms with Crippen molar-refractivity contribution in [1.82, 2.24) is 4.90 Å². The summed E-state index contributed by atoms with van der Waals surface area (Å²) in [4.78, 5) is 14.5. The highest BCUT2D eigenvalue weighted by Crippen LogP contribution is 2.13. The molecule has 1 rings (SSSR count). The Kier molecular flexibility index (Phi) is 6.90. The van der Waals surface area contributed by atoms with E-state index in [1.165, 1.54) is 0 Å². The van der Waals surface area contributed by atoms with Crippen LogP contribution in [0.25, 0.3) is 0 Å². The van der Waals surface area contributed by atoms with Gasteiger partial charge in [0.25, 0.3) is 0 Å². The monoisotopic (exact) mass is 287 g/mol. The van der Waals surface area contributed by atoms with Crippen LogP contribution in [0.15, 0.2) is 24.3 Å². The molecule has 0 saturated heterocycles. The lowest BCUT2D eigenvalue weighted by molar-refractivity contribution is -0.120. The second-order valence-electron chi connectivity index (χ2n) is 5.46. The molecule has 2 atom stereocenters. The number of rotatable bonds is 7. The molecule has 0 spiro atoms. The van der Waals surface area contributed by atoms with Gasteiger partial charge in [-0.1, -0.05) is 33.3 Å². The summed E-state index contributed by atoms with van der Waals surface area (Å²) < 4.78 is 0. The molecule has 0 aliphatic heterocycles. The van der Waals surface area contributed by atoms with Crippen molar-refractivity contribution in [3.63, 3.8) is 0 Å². The highest BCUT2D eigenvalue weighted by molar-refractivity contribution is 5.94. The lowest BCUT2D eigenvalue weighted by Gasteiger charge is -2.29. The first kappa shape index (κ1) is 17.2. The molecule has 0 saturated carbocycles. The number of nitrogens with one attached hydrogen (secondary N) is 1. The zero-order valence-corrected chi connectivity index (χ0v) is 13.4. The first-order valence-corrected chi connectivity index (χ1v) is 7.56. The summed E-state index contributed by atoms with van der Waals surface area (Å²) >= 11 is 0. The van der Waals surface area contributed by atoms with Gasteiger partial charge in [0.05, 0.1) is 17.7 Å². The van der Waals surface area contributed by atoms with Gasteiger partial charge in [-0.25, -0.2) is 0 Å².